The molecular formula is C48H53F4N11O3S2. The molecule has 0 unspecified atom stereocenters. The third-order valence-corrected chi connectivity index (χ3v) is 15.2. The van der Waals surface area contributed by atoms with E-state index in [9.17, 15) is 32.3 Å². The summed E-state index contributed by atoms with van der Waals surface area (Å²) in [5.74, 6) is -3.62. The average Bonchev–Trinajstić information content (AvgIpc) is 4.17. The van der Waals surface area contributed by atoms with Gasteiger partial charge in [0.2, 0.25) is 11.9 Å². The molecule has 20 heteroatoms. The van der Waals surface area contributed by atoms with Gasteiger partial charge < -0.3 is 5.11 Å². The lowest BCUT2D eigenvalue weighted by atomic mass is 10.1. The number of fused-ring (bicyclic) bond motifs is 6. The van der Waals surface area contributed by atoms with E-state index >= 15 is 0 Å². The van der Waals surface area contributed by atoms with Crippen LogP contribution in [0.5, 0.6) is 0 Å². The van der Waals surface area contributed by atoms with E-state index in [1.165, 1.54) is 53.9 Å². The molecule has 68 heavy (non-hydrogen) atoms. The minimum atomic E-state index is -2.98. The Morgan fingerprint density at radius 1 is 0.735 bits per heavy atom. The number of hydrogen-bond acceptors (Lipinski definition) is 12. The van der Waals surface area contributed by atoms with Crippen molar-refractivity contribution in [3.05, 3.63) is 106 Å². The number of carbonyl (C=O) groups excluding carboxylic acids is 2. The van der Waals surface area contributed by atoms with Crippen molar-refractivity contribution in [1.82, 2.24) is 34.3 Å². The molecule has 7 heterocycles. The topological polar surface area (TPSA) is 141 Å². The van der Waals surface area contributed by atoms with Gasteiger partial charge >= 0.3 is 0 Å². The number of aliphatic hydroxyl groups is 1. The van der Waals surface area contributed by atoms with Gasteiger partial charge in [0.15, 0.2) is 11.6 Å². The van der Waals surface area contributed by atoms with Crippen LogP contribution in [0.25, 0.3) is 0 Å². The summed E-state index contributed by atoms with van der Waals surface area (Å²) in [6, 6.07) is 18.6. The highest BCUT2D eigenvalue weighted by molar-refractivity contribution is 8.00. The molecule has 5 aromatic rings. The molecule has 0 saturated heterocycles. The van der Waals surface area contributed by atoms with Gasteiger partial charge in [0.1, 0.15) is 26.9 Å². The molecule has 3 aromatic heterocycles. The summed E-state index contributed by atoms with van der Waals surface area (Å²) in [7, 11) is 3.43. The van der Waals surface area contributed by atoms with Gasteiger partial charge in [-0.15, -0.1) is 11.8 Å². The fourth-order valence-corrected chi connectivity index (χ4v) is 11.2. The third-order valence-electron chi connectivity index (χ3n) is 12.7. The number of aliphatic imine (C=N–C) groups is 2. The molecule has 0 bridgehead atoms. The second kappa shape index (κ2) is 18.6. The van der Waals surface area contributed by atoms with Crippen molar-refractivity contribution in [3.63, 3.8) is 0 Å². The quantitative estimate of drug-likeness (QED) is 0.121. The highest BCUT2D eigenvalue weighted by atomic mass is 32.2. The lowest BCUT2D eigenvalue weighted by Crippen LogP contribution is -2.48. The van der Waals surface area contributed by atoms with Crippen molar-refractivity contribution >= 4 is 58.9 Å². The fourth-order valence-electron chi connectivity index (χ4n) is 8.82. The fraction of sp³-hybridized carbons (Fsp3) is 0.438. The molecule has 1 N–H and O–H groups in total. The number of hydrogen-bond donors (Lipinski definition) is 1. The highest BCUT2D eigenvalue weighted by Crippen LogP contribution is 2.44. The predicted molar refractivity (Wildman–Crippen MR) is 254 cm³/mol. The Kier molecular flexibility index (Phi) is 13.0. The zero-order chi connectivity index (χ0) is 48.2. The molecular weight excluding hydrogens is 919 g/mol. The number of alkyl halides is 4. The van der Waals surface area contributed by atoms with Crippen LogP contribution in [-0.4, -0.2) is 114 Å². The molecule has 1 aliphatic carbocycles. The maximum Gasteiger partial charge on any atom is 0.286 e. The smallest absolute Gasteiger partial charge is 0.286 e. The Balaban J connectivity index is 0.000000170. The lowest BCUT2D eigenvalue weighted by molar-refractivity contribution is 0.0126. The molecule has 0 radical (unpaired) electrons. The maximum atomic E-state index is 13.6. The average molecular weight is 972 g/mol. The van der Waals surface area contributed by atoms with E-state index in [2.05, 4.69) is 28.7 Å². The summed E-state index contributed by atoms with van der Waals surface area (Å²) in [4.78, 5) is 48.1. The van der Waals surface area contributed by atoms with Crippen LogP contribution in [0, 0.1) is 5.92 Å². The normalized spacial score (nSPS) is 19.2. The van der Waals surface area contributed by atoms with Crippen LogP contribution < -0.4 is 9.80 Å². The van der Waals surface area contributed by atoms with Crippen molar-refractivity contribution in [3.8, 4) is 0 Å². The Morgan fingerprint density at radius 3 is 1.88 bits per heavy atom. The summed E-state index contributed by atoms with van der Waals surface area (Å²) < 4.78 is 58.1. The van der Waals surface area contributed by atoms with Crippen LogP contribution in [0.2, 0.25) is 0 Å². The standard InChI is InChI=1S/C24H30F2N6OS.C24H23F2N5O2S/c1-14(2)17-13-31-20-19(21(33)30(4)23(31)28-17)22(34-16-7-5-6-8-16)32(29-20)12-15-9-10-18(27-11-15)24(3,25)26;1-24(25,26)16-10-8-15(9-11-16)12-31-22(34-18-6-4-3-5-7-18)19-20(28-31)30-13-17(14-32)27-23(30)29(2)21(19)33/h9-11,14,16-17H,5-8,12-13H2,1-4H3;3-11,17,32H,12-14H2,1-2H3/t2*17-/m00/s1. The molecule has 2 atom stereocenters. The number of guanidine groups is 2. The third kappa shape index (κ3) is 9.25. The molecule has 1 saturated carbocycles. The van der Waals surface area contributed by atoms with Gasteiger partial charge in [-0.3, -0.25) is 43.5 Å². The molecule has 2 aromatic carbocycles. The first-order valence-corrected chi connectivity index (χ1v) is 24.4. The van der Waals surface area contributed by atoms with Crippen molar-refractivity contribution in [1.29, 1.82) is 0 Å². The lowest BCUT2D eigenvalue weighted by Gasteiger charge is -2.30. The Bertz CT molecular complexity index is 2750. The number of nitrogens with zero attached hydrogens (tertiary/aromatic N) is 11. The van der Waals surface area contributed by atoms with Gasteiger partial charge in [0, 0.05) is 49.8 Å². The Hall–Kier alpha value is -5.73. The van der Waals surface area contributed by atoms with Crippen LogP contribution in [0.3, 0.4) is 0 Å². The van der Waals surface area contributed by atoms with Crippen molar-refractivity contribution in [2.24, 2.45) is 15.9 Å². The van der Waals surface area contributed by atoms with Crippen LogP contribution >= 0.6 is 23.5 Å². The number of benzene rings is 2. The zero-order valence-electron chi connectivity index (χ0n) is 38.6. The van der Waals surface area contributed by atoms with E-state index in [1.807, 2.05) is 39.9 Å². The van der Waals surface area contributed by atoms with E-state index < -0.39 is 11.8 Å². The first kappa shape index (κ1) is 47.3. The van der Waals surface area contributed by atoms with Gasteiger partial charge in [-0.2, -0.15) is 19.0 Å². The number of thioether (sulfide) groups is 1. The number of carbonyl (C=O) groups is 2. The van der Waals surface area contributed by atoms with Gasteiger partial charge in [-0.1, -0.05) is 87.0 Å². The zero-order valence-corrected chi connectivity index (χ0v) is 40.2. The summed E-state index contributed by atoms with van der Waals surface area (Å²) in [6.45, 7) is 7.61. The molecule has 2 amide bonds. The van der Waals surface area contributed by atoms with Crippen molar-refractivity contribution < 1.29 is 32.3 Å². The minimum absolute atomic E-state index is 0.0559. The molecule has 1 fully saturated rings. The summed E-state index contributed by atoms with van der Waals surface area (Å²) in [5.41, 5.74) is 2.31. The van der Waals surface area contributed by atoms with Gasteiger partial charge in [-0.25, -0.2) is 18.8 Å². The van der Waals surface area contributed by atoms with Crippen LogP contribution in [0.15, 0.2) is 97.9 Å². The van der Waals surface area contributed by atoms with E-state index in [1.54, 1.807) is 53.6 Å². The molecule has 5 aliphatic rings. The minimum Gasteiger partial charge on any atom is -0.394 e. The van der Waals surface area contributed by atoms with Crippen LogP contribution in [0.1, 0.15) is 96.5 Å². The number of aromatic nitrogens is 5. The van der Waals surface area contributed by atoms with Gasteiger partial charge in [0.05, 0.1) is 44.9 Å². The molecule has 358 valence electrons. The molecule has 0 spiro atoms. The van der Waals surface area contributed by atoms with Gasteiger partial charge in [0.25, 0.3) is 23.7 Å². The predicted octanol–water partition coefficient (Wildman–Crippen LogP) is 8.58. The molecule has 4 aliphatic heterocycles. The number of anilines is 2. The number of aliphatic hydroxyl groups excluding tert-OH is 1. The van der Waals surface area contributed by atoms with E-state index in [0.29, 0.717) is 77.1 Å². The first-order valence-electron chi connectivity index (χ1n) is 22.7. The Labute approximate surface area is 400 Å². The summed E-state index contributed by atoms with van der Waals surface area (Å²) in [5, 5.41) is 21.2. The Morgan fingerprint density at radius 2 is 1.31 bits per heavy atom. The number of halogens is 4. The molecule has 14 nitrogen and oxygen atoms in total. The maximum absolute atomic E-state index is 13.6. The monoisotopic (exact) mass is 971 g/mol. The van der Waals surface area contributed by atoms with Gasteiger partial charge in [-0.05, 0) is 48.1 Å². The van der Waals surface area contributed by atoms with Crippen molar-refractivity contribution in [2.45, 2.75) is 111 Å². The molecule has 10 rings (SSSR count). The number of amides is 2. The summed E-state index contributed by atoms with van der Waals surface area (Å²) in [6.07, 6.45) is 6.09. The number of rotatable bonds is 12. The van der Waals surface area contributed by atoms with E-state index in [-0.39, 0.29) is 41.8 Å². The second-order valence-corrected chi connectivity index (χ2v) is 20.6. The van der Waals surface area contributed by atoms with Crippen LogP contribution in [0.4, 0.5) is 29.2 Å². The second-order valence-electron chi connectivity index (χ2n) is 18.2. The largest absolute Gasteiger partial charge is 0.394 e. The highest BCUT2D eigenvalue weighted by Gasteiger charge is 2.45. The first-order chi connectivity index (χ1) is 32.4. The van der Waals surface area contributed by atoms with Crippen molar-refractivity contribution in [2.75, 3.05) is 43.6 Å². The van der Waals surface area contributed by atoms with E-state index in [0.717, 1.165) is 47.7 Å². The van der Waals surface area contributed by atoms with Crippen LogP contribution in [-0.2, 0) is 24.9 Å². The summed E-state index contributed by atoms with van der Waals surface area (Å²) >= 11 is 3.14. The van der Waals surface area contributed by atoms with E-state index in [4.69, 9.17) is 15.2 Å². The number of pyridine rings is 1. The SMILES string of the molecule is CC(C)[C@@H]1CN2C(=N1)N(C)C(=O)c1c2nn(Cc2ccc(C(C)(F)F)nc2)c1SC1CCCC1.CN1C(=O)c2c(nn(Cc3ccc(C(C)(F)F)cc3)c2Sc2ccccc2)N2C[C@@H](CO)N=C12.